The van der Waals surface area contributed by atoms with Crippen LogP contribution in [-0.2, 0) is 0 Å². The number of urea groups is 1. The van der Waals surface area contributed by atoms with Crippen LogP contribution in [0.25, 0.3) is 0 Å². The summed E-state index contributed by atoms with van der Waals surface area (Å²) in [5.41, 5.74) is 5.27. The van der Waals surface area contributed by atoms with E-state index in [-0.39, 0.29) is 5.75 Å². The molecule has 0 unspecified atom stereocenters. The SMILES string of the molecule is CC(F)(F)Oc1ccc(NC(N)=O)cc1. The highest BCUT2D eigenvalue weighted by atomic mass is 19.3. The van der Waals surface area contributed by atoms with Crippen LogP contribution in [0.2, 0.25) is 0 Å². The maximum Gasteiger partial charge on any atom is 0.394 e. The fraction of sp³-hybridized carbons (Fsp3) is 0.222. The van der Waals surface area contributed by atoms with Crippen LogP contribution < -0.4 is 15.8 Å². The van der Waals surface area contributed by atoms with Crippen molar-refractivity contribution in [2.75, 3.05) is 5.32 Å². The first-order chi connectivity index (χ1) is 6.87. The normalized spacial score (nSPS) is 10.9. The fourth-order valence-electron chi connectivity index (χ4n) is 0.956. The first-order valence-electron chi connectivity index (χ1n) is 4.10. The predicted octanol–water partition coefficient (Wildman–Crippen LogP) is 2.17. The number of carbonyl (C=O) groups excluding carboxylic acids is 1. The smallest absolute Gasteiger partial charge is 0.394 e. The van der Waals surface area contributed by atoms with E-state index in [1.54, 1.807) is 0 Å². The molecule has 0 atom stereocenters. The van der Waals surface area contributed by atoms with Gasteiger partial charge in [0.15, 0.2) is 0 Å². The highest BCUT2D eigenvalue weighted by Crippen LogP contribution is 2.22. The Morgan fingerprint density at radius 2 is 1.93 bits per heavy atom. The molecule has 2 amide bonds. The van der Waals surface area contributed by atoms with E-state index in [0.29, 0.717) is 12.6 Å². The van der Waals surface area contributed by atoms with Crippen LogP contribution in [0, 0.1) is 0 Å². The van der Waals surface area contributed by atoms with E-state index in [1.165, 1.54) is 24.3 Å². The van der Waals surface area contributed by atoms with Gasteiger partial charge in [-0.05, 0) is 24.3 Å². The Morgan fingerprint density at radius 3 is 2.33 bits per heavy atom. The van der Waals surface area contributed by atoms with Crippen molar-refractivity contribution in [3.05, 3.63) is 24.3 Å². The van der Waals surface area contributed by atoms with Gasteiger partial charge in [-0.3, -0.25) is 0 Å². The standard InChI is InChI=1S/C9H10F2N2O2/c1-9(10,11)15-7-4-2-6(3-5-7)13-8(12)14/h2-5H,1H3,(H3,12,13,14). The second-order valence-electron chi connectivity index (χ2n) is 2.92. The number of rotatable bonds is 3. The number of halogens is 2. The van der Waals surface area contributed by atoms with Crippen molar-refractivity contribution in [3.63, 3.8) is 0 Å². The number of benzene rings is 1. The number of nitrogens with one attached hydrogen (secondary N) is 1. The minimum atomic E-state index is -3.22. The highest BCUT2D eigenvalue weighted by molar-refractivity contribution is 5.87. The van der Waals surface area contributed by atoms with Crippen LogP contribution in [-0.4, -0.2) is 12.1 Å². The molecule has 0 radical (unpaired) electrons. The van der Waals surface area contributed by atoms with Gasteiger partial charge in [0, 0.05) is 12.6 Å². The molecule has 0 aliphatic carbocycles. The Morgan fingerprint density at radius 1 is 1.40 bits per heavy atom. The van der Waals surface area contributed by atoms with Crippen LogP contribution in [0.1, 0.15) is 6.92 Å². The predicted molar refractivity (Wildman–Crippen MR) is 50.9 cm³/mol. The van der Waals surface area contributed by atoms with Crippen molar-refractivity contribution in [1.82, 2.24) is 0 Å². The van der Waals surface area contributed by atoms with Crippen molar-refractivity contribution < 1.29 is 18.3 Å². The van der Waals surface area contributed by atoms with Gasteiger partial charge in [0.1, 0.15) is 5.75 Å². The minimum Gasteiger partial charge on any atom is -0.433 e. The van der Waals surface area contributed by atoms with Crippen molar-refractivity contribution >= 4 is 11.7 Å². The lowest BCUT2D eigenvalue weighted by Gasteiger charge is -2.13. The number of hydrogen-bond donors (Lipinski definition) is 2. The van der Waals surface area contributed by atoms with Gasteiger partial charge in [-0.25, -0.2) is 4.79 Å². The van der Waals surface area contributed by atoms with Gasteiger partial charge >= 0.3 is 12.1 Å². The molecule has 1 aromatic rings. The van der Waals surface area contributed by atoms with Gasteiger partial charge in [-0.2, -0.15) is 8.78 Å². The molecule has 0 aliphatic heterocycles. The summed E-state index contributed by atoms with van der Waals surface area (Å²) in [7, 11) is 0. The summed E-state index contributed by atoms with van der Waals surface area (Å²) in [5.74, 6) is 0.0116. The molecule has 6 heteroatoms. The van der Waals surface area contributed by atoms with E-state index in [4.69, 9.17) is 5.73 Å². The van der Waals surface area contributed by atoms with Gasteiger partial charge in [0.05, 0.1) is 0 Å². The Labute approximate surface area is 85.0 Å². The zero-order valence-electron chi connectivity index (χ0n) is 7.96. The summed E-state index contributed by atoms with van der Waals surface area (Å²) in [6.07, 6.45) is -3.22. The molecule has 3 N–H and O–H groups in total. The van der Waals surface area contributed by atoms with Crippen molar-refractivity contribution in [3.8, 4) is 5.75 Å². The molecule has 0 spiro atoms. The average Bonchev–Trinajstić information content (AvgIpc) is 2.05. The number of alkyl halides is 2. The number of ether oxygens (including phenoxy) is 1. The first-order valence-corrected chi connectivity index (χ1v) is 4.10. The Balaban J connectivity index is 2.68. The number of primary amides is 1. The molecule has 0 aromatic heterocycles. The summed E-state index contributed by atoms with van der Waals surface area (Å²) in [6.45, 7) is 0.641. The van der Waals surface area contributed by atoms with Crippen LogP contribution in [0.4, 0.5) is 19.3 Å². The Kier molecular flexibility index (Phi) is 3.08. The fourth-order valence-corrected chi connectivity index (χ4v) is 0.956. The summed E-state index contributed by atoms with van der Waals surface area (Å²) in [5, 5.41) is 2.29. The first kappa shape index (κ1) is 11.2. The largest absolute Gasteiger partial charge is 0.433 e. The topological polar surface area (TPSA) is 64.3 Å². The molecular weight excluding hydrogens is 206 g/mol. The Hall–Kier alpha value is -1.85. The molecule has 0 saturated heterocycles. The monoisotopic (exact) mass is 216 g/mol. The average molecular weight is 216 g/mol. The molecule has 0 aliphatic rings. The van der Waals surface area contributed by atoms with Crippen molar-refractivity contribution in [1.29, 1.82) is 0 Å². The van der Waals surface area contributed by atoms with E-state index in [0.717, 1.165) is 0 Å². The van der Waals surface area contributed by atoms with Gasteiger partial charge in [0.2, 0.25) is 0 Å². The minimum absolute atomic E-state index is 0.0116. The molecule has 0 fully saturated rings. The highest BCUT2D eigenvalue weighted by Gasteiger charge is 2.22. The number of nitrogens with two attached hydrogens (primary N) is 1. The molecule has 15 heavy (non-hydrogen) atoms. The van der Waals surface area contributed by atoms with E-state index in [2.05, 4.69) is 10.1 Å². The van der Waals surface area contributed by atoms with Crippen molar-refractivity contribution in [2.45, 2.75) is 13.0 Å². The summed E-state index contributed by atoms with van der Waals surface area (Å²) in [6, 6.07) is 4.72. The van der Waals surface area contributed by atoms with E-state index >= 15 is 0 Å². The second-order valence-corrected chi connectivity index (χ2v) is 2.92. The molecule has 0 bridgehead atoms. The third-order valence-corrected chi connectivity index (χ3v) is 1.42. The summed E-state index contributed by atoms with van der Waals surface area (Å²) in [4.78, 5) is 10.4. The van der Waals surface area contributed by atoms with Gasteiger partial charge in [0.25, 0.3) is 0 Å². The molecule has 0 saturated carbocycles. The number of carbonyl (C=O) groups is 1. The van der Waals surface area contributed by atoms with Crippen LogP contribution >= 0.6 is 0 Å². The third-order valence-electron chi connectivity index (χ3n) is 1.42. The third kappa shape index (κ3) is 4.26. The van der Waals surface area contributed by atoms with Crippen LogP contribution in [0.5, 0.6) is 5.75 Å². The number of amides is 2. The van der Waals surface area contributed by atoms with Crippen molar-refractivity contribution in [2.24, 2.45) is 5.73 Å². The van der Waals surface area contributed by atoms with Gasteiger partial charge in [-0.1, -0.05) is 0 Å². The van der Waals surface area contributed by atoms with Crippen LogP contribution in [0.3, 0.4) is 0 Å². The maximum absolute atomic E-state index is 12.4. The zero-order chi connectivity index (χ0) is 11.5. The van der Waals surface area contributed by atoms with E-state index in [1.807, 2.05) is 0 Å². The van der Waals surface area contributed by atoms with E-state index < -0.39 is 12.1 Å². The molecule has 82 valence electrons. The lowest BCUT2D eigenvalue weighted by molar-refractivity contribution is -0.158. The van der Waals surface area contributed by atoms with Gasteiger partial charge in [-0.15, -0.1) is 0 Å². The lowest BCUT2D eigenvalue weighted by atomic mass is 10.3. The van der Waals surface area contributed by atoms with Gasteiger partial charge < -0.3 is 15.8 Å². The molecule has 0 heterocycles. The molecule has 1 rings (SSSR count). The zero-order valence-corrected chi connectivity index (χ0v) is 7.96. The molecular formula is C9H10F2N2O2. The number of hydrogen-bond acceptors (Lipinski definition) is 2. The van der Waals surface area contributed by atoms with E-state index in [9.17, 15) is 13.6 Å². The molecule has 4 nitrogen and oxygen atoms in total. The second kappa shape index (κ2) is 4.12. The quantitative estimate of drug-likeness (QED) is 0.813. The maximum atomic E-state index is 12.4. The lowest BCUT2D eigenvalue weighted by Crippen LogP contribution is -2.20. The number of anilines is 1. The van der Waals surface area contributed by atoms with Crippen LogP contribution in [0.15, 0.2) is 24.3 Å². The summed E-state index contributed by atoms with van der Waals surface area (Å²) >= 11 is 0. The summed E-state index contributed by atoms with van der Waals surface area (Å²) < 4.78 is 29.1. The Bertz CT molecular complexity index is 346. The molecule has 1 aromatic carbocycles.